The molecule has 8 heteroatoms. The lowest BCUT2D eigenvalue weighted by Crippen LogP contribution is -2.24. The molecule has 0 fully saturated rings. The van der Waals surface area contributed by atoms with Crippen molar-refractivity contribution in [2.45, 2.75) is 20.3 Å². The number of carbonyl (C=O) groups excluding carboxylic acids is 1. The summed E-state index contributed by atoms with van der Waals surface area (Å²) in [5.41, 5.74) is 0. The average Bonchev–Trinajstić information content (AvgIpc) is 2.62. The molecule has 0 radical (unpaired) electrons. The summed E-state index contributed by atoms with van der Waals surface area (Å²) in [6, 6.07) is 0. The Bertz CT molecular complexity index is 549. The predicted octanol–water partition coefficient (Wildman–Crippen LogP) is 1.28. The quantitative estimate of drug-likeness (QED) is 0.766. The van der Waals surface area contributed by atoms with Crippen molar-refractivity contribution in [3.05, 3.63) is 17.7 Å². The predicted molar refractivity (Wildman–Crippen MR) is 75.9 cm³/mol. The lowest BCUT2D eigenvalue weighted by atomic mass is 10.1. The number of nitrogens with one attached hydrogen (secondary N) is 1. The Morgan fingerprint density at radius 3 is 2.74 bits per heavy atom. The monoisotopic (exact) mass is 303 g/mol. The number of nitrogens with zero attached hydrogens (tertiary/aromatic N) is 2. The van der Waals surface area contributed by atoms with E-state index < -0.39 is 21.5 Å². The minimum absolute atomic E-state index is 0.213. The van der Waals surface area contributed by atoms with Crippen LogP contribution < -0.4 is 5.32 Å². The van der Waals surface area contributed by atoms with Gasteiger partial charge in [0.05, 0.1) is 5.75 Å². The van der Waals surface area contributed by atoms with Gasteiger partial charge in [-0.05, 0) is 5.92 Å². The SMILES string of the molecule is C=CCS(=O)(=O)CC(=O)Nc1nnc(CC(C)C)s1. The van der Waals surface area contributed by atoms with Gasteiger partial charge >= 0.3 is 0 Å². The molecule has 6 nitrogen and oxygen atoms in total. The third-order valence-electron chi connectivity index (χ3n) is 2.02. The highest BCUT2D eigenvalue weighted by Crippen LogP contribution is 2.18. The smallest absolute Gasteiger partial charge is 0.241 e. The second kappa shape index (κ2) is 6.76. The van der Waals surface area contributed by atoms with Crippen LogP contribution in [0.4, 0.5) is 5.13 Å². The van der Waals surface area contributed by atoms with Gasteiger partial charge in [0.1, 0.15) is 10.8 Å². The minimum Gasteiger partial charge on any atom is -0.300 e. The topological polar surface area (TPSA) is 89.0 Å². The van der Waals surface area contributed by atoms with Gasteiger partial charge in [0.15, 0.2) is 9.84 Å². The van der Waals surface area contributed by atoms with E-state index in [2.05, 4.69) is 35.9 Å². The van der Waals surface area contributed by atoms with Crippen LogP contribution in [0.2, 0.25) is 0 Å². The summed E-state index contributed by atoms with van der Waals surface area (Å²) in [7, 11) is -3.44. The van der Waals surface area contributed by atoms with Crippen LogP contribution in [0.5, 0.6) is 0 Å². The first-order valence-electron chi connectivity index (χ1n) is 5.76. The number of aromatic nitrogens is 2. The van der Waals surface area contributed by atoms with E-state index in [4.69, 9.17) is 0 Å². The summed E-state index contributed by atoms with van der Waals surface area (Å²) >= 11 is 1.26. The highest BCUT2D eigenvalue weighted by Gasteiger charge is 2.16. The Labute approximate surface area is 116 Å². The third-order valence-corrected chi connectivity index (χ3v) is 4.33. The molecule has 0 spiro atoms. The number of hydrogen-bond donors (Lipinski definition) is 1. The second-order valence-electron chi connectivity index (χ2n) is 4.49. The Morgan fingerprint density at radius 2 is 2.16 bits per heavy atom. The molecule has 1 amide bonds. The molecular weight excluding hydrogens is 286 g/mol. The van der Waals surface area contributed by atoms with Crippen LogP contribution in [-0.2, 0) is 21.1 Å². The maximum Gasteiger partial charge on any atom is 0.241 e. The lowest BCUT2D eigenvalue weighted by Gasteiger charge is -2.01. The summed E-state index contributed by atoms with van der Waals surface area (Å²) in [4.78, 5) is 11.5. The second-order valence-corrected chi connectivity index (χ2v) is 7.66. The zero-order valence-electron chi connectivity index (χ0n) is 10.9. The van der Waals surface area contributed by atoms with Crippen molar-refractivity contribution in [2.75, 3.05) is 16.8 Å². The van der Waals surface area contributed by atoms with Crippen molar-refractivity contribution in [1.82, 2.24) is 10.2 Å². The molecule has 0 saturated carbocycles. The van der Waals surface area contributed by atoms with Crippen molar-refractivity contribution in [3.63, 3.8) is 0 Å². The van der Waals surface area contributed by atoms with E-state index in [1.807, 2.05) is 0 Å². The molecular formula is C11H17N3O3S2. The molecule has 0 atom stereocenters. The molecule has 106 valence electrons. The zero-order valence-corrected chi connectivity index (χ0v) is 12.6. The number of rotatable bonds is 7. The van der Waals surface area contributed by atoms with Gasteiger partial charge in [0.25, 0.3) is 0 Å². The van der Waals surface area contributed by atoms with Crippen LogP contribution in [0, 0.1) is 5.92 Å². The van der Waals surface area contributed by atoms with Crippen LogP contribution >= 0.6 is 11.3 Å². The molecule has 1 heterocycles. The highest BCUT2D eigenvalue weighted by molar-refractivity contribution is 7.92. The van der Waals surface area contributed by atoms with Crippen molar-refractivity contribution < 1.29 is 13.2 Å². The molecule has 1 N–H and O–H groups in total. The van der Waals surface area contributed by atoms with Crippen molar-refractivity contribution in [2.24, 2.45) is 5.92 Å². The van der Waals surface area contributed by atoms with Crippen LogP contribution in [0.15, 0.2) is 12.7 Å². The fourth-order valence-corrected chi connectivity index (χ4v) is 3.25. The standard InChI is InChI=1S/C11H17N3O3S2/c1-4-5-19(16,17)7-9(15)12-11-14-13-10(18-11)6-8(2)3/h4,8H,1,5-7H2,2-3H3,(H,12,14,15). The summed E-state index contributed by atoms with van der Waals surface area (Å²) in [5.74, 6) is -0.939. The summed E-state index contributed by atoms with van der Waals surface area (Å²) < 4.78 is 22.8. The normalized spacial score (nSPS) is 11.5. The van der Waals surface area contributed by atoms with Crippen molar-refractivity contribution in [1.29, 1.82) is 0 Å². The Balaban J connectivity index is 2.57. The molecule has 0 saturated heterocycles. The third kappa shape index (κ3) is 5.93. The molecule has 0 unspecified atom stereocenters. The van der Waals surface area contributed by atoms with E-state index >= 15 is 0 Å². The summed E-state index contributed by atoms with van der Waals surface area (Å²) in [6.07, 6.45) is 2.04. The molecule has 19 heavy (non-hydrogen) atoms. The first-order valence-corrected chi connectivity index (χ1v) is 8.39. The molecule has 0 aliphatic rings. The minimum atomic E-state index is -3.44. The lowest BCUT2D eigenvalue weighted by molar-refractivity contribution is -0.113. The molecule has 0 aromatic carbocycles. The highest BCUT2D eigenvalue weighted by atomic mass is 32.2. The fourth-order valence-electron chi connectivity index (χ4n) is 1.33. The largest absolute Gasteiger partial charge is 0.300 e. The number of sulfone groups is 1. The van der Waals surface area contributed by atoms with E-state index in [1.54, 1.807) is 0 Å². The Kier molecular flexibility index (Phi) is 5.61. The average molecular weight is 303 g/mol. The van der Waals surface area contributed by atoms with Gasteiger partial charge < -0.3 is 0 Å². The van der Waals surface area contributed by atoms with Gasteiger partial charge in [0.2, 0.25) is 11.0 Å². The maximum atomic E-state index is 11.5. The van der Waals surface area contributed by atoms with Gasteiger partial charge in [-0.15, -0.1) is 16.8 Å². The molecule has 0 bridgehead atoms. The molecule has 1 aromatic rings. The van der Waals surface area contributed by atoms with Gasteiger partial charge in [-0.3, -0.25) is 10.1 Å². The van der Waals surface area contributed by atoms with E-state index in [9.17, 15) is 13.2 Å². The van der Waals surface area contributed by atoms with Crippen molar-refractivity contribution >= 4 is 32.2 Å². The maximum absolute atomic E-state index is 11.5. The zero-order chi connectivity index (χ0) is 14.5. The van der Waals surface area contributed by atoms with Gasteiger partial charge in [-0.1, -0.05) is 31.3 Å². The van der Waals surface area contributed by atoms with Crippen LogP contribution in [0.25, 0.3) is 0 Å². The Hall–Kier alpha value is -1.28. The molecule has 1 rings (SSSR count). The van der Waals surface area contributed by atoms with E-state index in [0.29, 0.717) is 11.0 Å². The van der Waals surface area contributed by atoms with Gasteiger partial charge in [-0.25, -0.2) is 8.42 Å². The number of anilines is 1. The summed E-state index contributed by atoms with van der Waals surface area (Å²) in [5, 5.41) is 11.3. The van der Waals surface area contributed by atoms with E-state index in [1.165, 1.54) is 17.4 Å². The van der Waals surface area contributed by atoms with Crippen LogP contribution in [0.1, 0.15) is 18.9 Å². The molecule has 0 aliphatic heterocycles. The number of hydrogen-bond acceptors (Lipinski definition) is 6. The fraction of sp³-hybridized carbons (Fsp3) is 0.545. The van der Waals surface area contributed by atoms with Gasteiger partial charge in [0, 0.05) is 6.42 Å². The van der Waals surface area contributed by atoms with E-state index in [0.717, 1.165) is 11.4 Å². The van der Waals surface area contributed by atoms with Crippen molar-refractivity contribution in [3.8, 4) is 0 Å². The Morgan fingerprint density at radius 1 is 1.47 bits per heavy atom. The van der Waals surface area contributed by atoms with Gasteiger partial charge in [-0.2, -0.15) is 0 Å². The molecule has 0 aliphatic carbocycles. The van der Waals surface area contributed by atoms with Crippen LogP contribution in [0.3, 0.4) is 0 Å². The van der Waals surface area contributed by atoms with E-state index in [-0.39, 0.29) is 5.75 Å². The summed E-state index contributed by atoms with van der Waals surface area (Å²) in [6.45, 7) is 7.45. The number of amides is 1. The first kappa shape index (κ1) is 15.8. The molecule has 1 aromatic heterocycles. The van der Waals surface area contributed by atoms with Crippen LogP contribution in [-0.4, -0.2) is 36.0 Å². The number of carbonyl (C=O) groups is 1. The first-order chi connectivity index (χ1) is 8.82.